The quantitative estimate of drug-likeness (QED) is 0.626. The molecule has 3 heteroatoms. The Morgan fingerprint density at radius 3 is 2.71 bits per heavy atom. The van der Waals surface area contributed by atoms with Gasteiger partial charge in [-0.15, -0.1) is 0 Å². The number of fused-ring (bicyclic) bond motifs is 1. The van der Waals surface area contributed by atoms with Gasteiger partial charge in [0, 0.05) is 11.8 Å². The number of aliphatic imine (C=N–C) groups is 1. The molecule has 0 saturated carbocycles. The maximum absolute atomic E-state index is 4.27. The van der Waals surface area contributed by atoms with Crippen molar-refractivity contribution in [1.29, 1.82) is 0 Å². The van der Waals surface area contributed by atoms with Crippen LogP contribution in [-0.2, 0) is 0 Å². The number of rotatable bonds is 1. The summed E-state index contributed by atoms with van der Waals surface area (Å²) in [5.74, 6) is 0. The minimum absolute atomic E-state index is 0.676. The van der Waals surface area contributed by atoms with Gasteiger partial charge in [0.05, 0.1) is 3.70 Å². The monoisotopic (exact) mass is 334 g/mol. The minimum atomic E-state index is 0.676. The third kappa shape index (κ3) is 2.07. The predicted molar refractivity (Wildman–Crippen MR) is 81.4 cm³/mol. The average Bonchev–Trinajstić information content (AvgIpc) is 2.39. The Morgan fingerprint density at radius 1 is 1.06 bits per heavy atom. The highest BCUT2D eigenvalue weighted by atomic mass is 127. The van der Waals surface area contributed by atoms with Crippen LogP contribution >= 0.6 is 22.6 Å². The zero-order valence-electron chi connectivity index (χ0n) is 9.15. The molecule has 0 bridgehead atoms. The van der Waals surface area contributed by atoms with E-state index in [9.17, 15) is 0 Å². The lowest BCUT2D eigenvalue weighted by atomic mass is 10.0. The van der Waals surface area contributed by atoms with E-state index in [0.29, 0.717) is 6.67 Å². The molecule has 1 N–H and O–H groups in total. The summed E-state index contributed by atoms with van der Waals surface area (Å²) in [5.41, 5.74) is 2.38. The van der Waals surface area contributed by atoms with Gasteiger partial charge in [-0.05, 0) is 45.0 Å². The Morgan fingerprint density at radius 2 is 1.88 bits per heavy atom. The molecule has 0 amide bonds. The molecule has 0 spiro atoms. The van der Waals surface area contributed by atoms with Crippen LogP contribution in [0.4, 0.5) is 0 Å². The second-order valence-corrected chi connectivity index (χ2v) is 5.01. The highest BCUT2D eigenvalue weighted by Crippen LogP contribution is 2.25. The van der Waals surface area contributed by atoms with E-state index in [1.807, 2.05) is 6.21 Å². The van der Waals surface area contributed by atoms with E-state index in [2.05, 4.69) is 75.4 Å². The maximum atomic E-state index is 4.27. The van der Waals surface area contributed by atoms with Crippen LogP contribution in [0.15, 0.2) is 51.2 Å². The van der Waals surface area contributed by atoms with Gasteiger partial charge in [0.1, 0.15) is 6.67 Å². The van der Waals surface area contributed by atoms with E-state index in [1.54, 1.807) is 0 Å². The first kappa shape index (κ1) is 10.8. The highest BCUT2D eigenvalue weighted by molar-refractivity contribution is 14.1. The normalized spacial score (nSPS) is 15.1. The van der Waals surface area contributed by atoms with E-state index in [1.165, 1.54) is 21.9 Å². The lowest BCUT2D eigenvalue weighted by molar-refractivity contribution is 0.877. The van der Waals surface area contributed by atoms with E-state index in [4.69, 9.17) is 0 Å². The summed E-state index contributed by atoms with van der Waals surface area (Å²) in [6.07, 6.45) is 1.95. The number of benzene rings is 2. The first-order chi connectivity index (χ1) is 8.34. The van der Waals surface area contributed by atoms with Crippen LogP contribution in [0.5, 0.6) is 0 Å². The minimum Gasteiger partial charge on any atom is -0.361 e. The predicted octanol–water partition coefficient (Wildman–Crippen LogP) is 3.57. The zero-order valence-corrected chi connectivity index (χ0v) is 11.3. The lowest BCUT2D eigenvalue weighted by Crippen LogP contribution is -2.15. The molecular formula is C14H11IN2. The zero-order chi connectivity index (χ0) is 11.7. The van der Waals surface area contributed by atoms with Crippen molar-refractivity contribution in [2.45, 2.75) is 0 Å². The molecule has 0 aromatic heterocycles. The fraction of sp³-hybridized carbons (Fsp3) is 0.0714. The van der Waals surface area contributed by atoms with Crippen molar-refractivity contribution in [1.82, 2.24) is 5.32 Å². The van der Waals surface area contributed by atoms with Gasteiger partial charge < -0.3 is 5.32 Å². The third-order valence-electron chi connectivity index (χ3n) is 2.84. The standard InChI is InChI=1S/C14H11IN2/c15-14-13(8-16-9-17-14)12-6-5-10-3-1-2-4-11(10)7-12/h1-8,17H,9H2. The van der Waals surface area contributed by atoms with Crippen molar-refractivity contribution in [3.8, 4) is 0 Å². The fourth-order valence-corrected chi connectivity index (χ4v) is 2.58. The van der Waals surface area contributed by atoms with E-state index >= 15 is 0 Å². The summed E-state index contributed by atoms with van der Waals surface area (Å²) in [6.45, 7) is 0.676. The molecule has 0 aliphatic carbocycles. The van der Waals surface area contributed by atoms with Crippen LogP contribution in [0.1, 0.15) is 5.56 Å². The van der Waals surface area contributed by atoms with Gasteiger partial charge in [-0.1, -0.05) is 36.4 Å². The summed E-state index contributed by atoms with van der Waals surface area (Å²) in [5, 5.41) is 5.78. The Bertz CT molecular complexity index is 629. The first-order valence-electron chi connectivity index (χ1n) is 5.47. The second-order valence-electron chi connectivity index (χ2n) is 3.94. The van der Waals surface area contributed by atoms with Crippen molar-refractivity contribution in [3.63, 3.8) is 0 Å². The van der Waals surface area contributed by atoms with Crippen LogP contribution in [0.3, 0.4) is 0 Å². The number of nitrogens with zero attached hydrogens (tertiary/aromatic N) is 1. The molecule has 3 rings (SSSR count). The number of allylic oxidation sites excluding steroid dienone is 1. The molecule has 0 fully saturated rings. The SMILES string of the molecule is IC1=C(c2ccc3ccccc3c2)C=NCN1. The average molecular weight is 334 g/mol. The van der Waals surface area contributed by atoms with Gasteiger partial charge in [0.25, 0.3) is 0 Å². The molecule has 2 aromatic rings. The Balaban J connectivity index is 2.15. The topological polar surface area (TPSA) is 24.4 Å². The molecule has 17 heavy (non-hydrogen) atoms. The summed E-state index contributed by atoms with van der Waals surface area (Å²) in [6, 6.07) is 14.9. The highest BCUT2D eigenvalue weighted by Gasteiger charge is 2.08. The van der Waals surface area contributed by atoms with Crippen LogP contribution in [0.2, 0.25) is 0 Å². The second kappa shape index (κ2) is 4.49. The molecule has 1 aliphatic rings. The maximum Gasteiger partial charge on any atom is 0.108 e. The Kier molecular flexibility index (Phi) is 2.84. The molecule has 0 saturated heterocycles. The van der Waals surface area contributed by atoms with Gasteiger partial charge >= 0.3 is 0 Å². The van der Waals surface area contributed by atoms with Crippen LogP contribution < -0.4 is 5.32 Å². The Labute approximate surface area is 114 Å². The molecule has 0 radical (unpaired) electrons. The smallest absolute Gasteiger partial charge is 0.108 e. The molecule has 1 heterocycles. The van der Waals surface area contributed by atoms with Gasteiger partial charge in [0.2, 0.25) is 0 Å². The summed E-state index contributed by atoms with van der Waals surface area (Å²) in [4.78, 5) is 4.27. The summed E-state index contributed by atoms with van der Waals surface area (Å²) >= 11 is 2.32. The van der Waals surface area contributed by atoms with Gasteiger partial charge in [0.15, 0.2) is 0 Å². The largest absolute Gasteiger partial charge is 0.361 e. The molecular weight excluding hydrogens is 323 g/mol. The van der Waals surface area contributed by atoms with Crippen molar-refractivity contribution >= 4 is 45.2 Å². The van der Waals surface area contributed by atoms with Gasteiger partial charge in [-0.2, -0.15) is 0 Å². The number of hydrogen-bond donors (Lipinski definition) is 1. The van der Waals surface area contributed by atoms with E-state index in [-0.39, 0.29) is 0 Å². The molecule has 0 unspecified atom stereocenters. The molecule has 2 nitrogen and oxygen atoms in total. The van der Waals surface area contributed by atoms with Crippen LogP contribution in [0, 0.1) is 0 Å². The molecule has 2 aromatic carbocycles. The lowest BCUT2D eigenvalue weighted by Gasteiger charge is -2.13. The molecule has 0 atom stereocenters. The third-order valence-corrected chi connectivity index (χ3v) is 3.81. The Hall–Kier alpha value is -1.36. The molecule has 1 aliphatic heterocycles. The van der Waals surface area contributed by atoms with E-state index < -0.39 is 0 Å². The van der Waals surface area contributed by atoms with E-state index in [0.717, 1.165) is 3.70 Å². The van der Waals surface area contributed by atoms with Crippen molar-refractivity contribution < 1.29 is 0 Å². The van der Waals surface area contributed by atoms with Gasteiger partial charge in [-0.25, -0.2) is 0 Å². The fourth-order valence-electron chi connectivity index (χ4n) is 1.96. The summed E-state index contributed by atoms with van der Waals surface area (Å²) in [7, 11) is 0. The van der Waals surface area contributed by atoms with Crippen LogP contribution in [-0.4, -0.2) is 12.9 Å². The summed E-state index contributed by atoms with van der Waals surface area (Å²) < 4.78 is 1.16. The van der Waals surface area contributed by atoms with Crippen LogP contribution in [0.25, 0.3) is 16.3 Å². The molecule has 84 valence electrons. The first-order valence-corrected chi connectivity index (χ1v) is 6.55. The van der Waals surface area contributed by atoms with Crippen molar-refractivity contribution in [3.05, 3.63) is 51.7 Å². The van der Waals surface area contributed by atoms with Gasteiger partial charge in [-0.3, -0.25) is 4.99 Å². The number of nitrogens with one attached hydrogen (secondary N) is 1. The van der Waals surface area contributed by atoms with Crippen molar-refractivity contribution in [2.24, 2.45) is 4.99 Å². The van der Waals surface area contributed by atoms with Crippen molar-refractivity contribution in [2.75, 3.05) is 6.67 Å². The number of hydrogen-bond acceptors (Lipinski definition) is 2. The number of halogens is 1.